The second-order valence-electron chi connectivity index (χ2n) is 13.4. The number of aliphatic carboxylic acids is 1. The molecule has 11 nitrogen and oxygen atoms in total. The molecule has 0 bridgehead atoms. The summed E-state index contributed by atoms with van der Waals surface area (Å²) in [5, 5.41) is 16.0. The quantitative estimate of drug-likeness (QED) is 0.166. The average Bonchev–Trinajstić information content (AvgIpc) is 3.72. The van der Waals surface area contributed by atoms with Gasteiger partial charge < -0.3 is 25.4 Å². The van der Waals surface area contributed by atoms with Gasteiger partial charge in [-0.2, -0.15) is 0 Å². The highest BCUT2D eigenvalue weighted by atomic mass is 35.5. The highest BCUT2D eigenvalue weighted by Crippen LogP contribution is 2.42. The van der Waals surface area contributed by atoms with Gasteiger partial charge in [0, 0.05) is 37.0 Å². The molecule has 0 radical (unpaired) electrons. The van der Waals surface area contributed by atoms with Gasteiger partial charge in [0.15, 0.2) is 0 Å². The molecule has 2 unspecified atom stereocenters. The molecule has 12 heteroatoms. The van der Waals surface area contributed by atoms with E-state index in [0.717, 1.165) is 18.4 Å². The molecule has 4 amide bonds. The molecule has 1 heterocycles. The molecule has 274 valence electrons. The molecular weight excluding hydrogens is 684 g/mol. The Morgan fingerprint density at radius 2 is 1.63 bits per heavy atom. The smallest absolute Gasteiger partial charge is 0.352 e. The van der Waals surface area contributed by atoms with Gasteiger partial charge >= 0.3 is 5.97 Å². The molecule has 1 saturated carbocycles. The number of hydrogen-bond donors (Lipinski definition) is 3. The van der Waals surface area contributed by atoms with Crippen molar-refractivity contribution in [2.24, 2.45) is 5.41 Å². The van der Waals surface area contributed by atoms with Gasteiger partial charge in [-0.1, -0.05) is 67.8 Å². The van der Waals surface area contributed by atoms with Crippen LogP contribution in [0.15, 0.2) is 78.5 Å². The number of anilines is 1. The molecule has 2 atom stereocenters. The van der Waals surface area contributed by atoms with Crippen LogP contribution in [-0.2, 0) is 30.4 Å². The van der Waals surface area contributed by atoms with Gasteiger partial charge in [-0.15, -0.1) is 0 Å². The van der Waals surface area contributed by atoms with Crippen molar-refractivity contribution in [3.05, 3.63) is 100 Å². The number of nitrogens with one attached hydrogen (secondary N) is 2. The Morgan fingerprint density at radius 3 is 2.21 bits per heavy atom. The van der Waals surface area contributed by atoms with E-state index in [4.69, 9.17) is 16.3 Å². The van der Waals surface area contributed by atoms with E-state index in [1.165, 1.54) is 13.0 Å². The summed E-state index contributed by atoms with van der Waals surface area (Å²) in [5.41, 5.74) is 1.52. The summed E-state index contributed by atoms with van der Waals surface area (Å²) in [7, 11) is 1.58. The Balaban J connectivity index is 1.47. The summed E-state index contributed by atoms with van der Waals surface area (Å²) < 4.78 is 5.30. The van der Waals surface area contributed by atoms with Crippen molar-refractivity contribution >= 4 is 53.0 Å². The van der Waals surface area contributed by atoms with E-state index in [2.05, 4.69) is 10.6 Å². The summed E-state index contributed by atoms with van der Waals surface area (Å²) >= 11 is 6.24. The normalized spacial score (nSPS) is 18.3. The SMILES string of the molecule is CCCC(=O)N1C(Cc2ccc(OC)cc2)C(=O)N(c2ccc(/C=C(\NC(=O)C3(CCNC(C)=O)CCCC3)C(=O)O)cc2)C1c1ccc(Cl)cc1. The largest absolute Gasteiger partial charge is 0.497 e. The number of benzene rings is 3. The lowest BCUT2D eigenvalue weighted by atomic mass is 9.81. The molecule has 52 heavy (non-hydrogen) atoms. The zero-order chi connectivity index (χ0) is 37.4. The summed E-state index contributed by atoms with van der Waals surface area (Å²) in [5.74, 6) is -1.60. The molecule has 0 spiro atoms. The fourth-order valence-electron chi connectivity index (χ4n) is 7.16. The maximum atomic E-state index is 14.5. The van der Waals surface area contributed by atoms with Crippen LogP contribution in [0.3, 0.4) is 0 Å². The lowest BCUT2D eigenvalue weighted by Crippen LogP contribution is -2.42. The van der Waals surface area contributed by atoms with Crippen molar-refractivity contribution < 1.29 is 33.8 Å². The van der Waals surface area contributed by atoms with E-state index in [1.807, 2.05) is 43.3 Å². The van der Waals surface area contributed by atoms with Gasteiger partial charge in [-0.3, -0.25) is 24.1 Å². The van der Waals surface area contributed by atoms with Crippen LogP contribution in [0.4, 0.5) is 5.69 Å². The standard InChI is InChI=1S/C40H45ClN4O7/c1-4-7-35(47)45-34(25-28-10-18-32(52-3)19-11-28)37(48)44(36(45)29-12-14-30(41)15-13-29)31-16-8-27(9-17-31)24-33(38(49)50)43-39(51)40(20-5-6-21-40)22-23-42-26(2)46/h8-19,24,34,36H,4-7,20-23,25H2,1-3H3,(H,42,46)(H,43,51)(H,49,50)/b33-24-. The van der Waals surface area contributed by atoms with Crippen molar-refractivity contribution in [3.63, 3.8) is 0 Å². The summed E-state index contributed by atoms with van der Waals surface area (Å²) in [6, 6.07) is 20.4. The number of halogens is 1. The van der Waals surface area contributed by atoms with Crippen LogP contribution in [-0.4, -0.2) is 59.3 Å². The van der Waals surface area contributed by atoms with Crippen molar-refractivity contribution in [3.8, 4) is 5.75 Å². The number of nitrogens with zero attached hydrogens (tertiary/aromatic N) is 2. The van der Waals surface area contributed by atoms with Gasteiger partial charge in [-0.25, -0.2) is 4.79 Å². The average molecular weight is 729 g/mol. The first kappa shape index (κ1) is 38.1. The van der Waals surface area contributed by atoms with Gasteiger partial charge in [0.25, 0.3) is 5.91 Å². The first-order chi connectivity index (χ1) is 25.0. The molecular formula is C40H45ClN4O7. The van der Waals surface area contributed by atoms with E-state index in [-0.39, 0.29) is 42.2 Å². The lowest BCUT2D eigenvalue weighted by molar-refractivity contribution is -0.137. The maximum absolute atomic E-state index is 14.5. The lowest BCUT2D eigenvalue weighted by Gasteiger charge is -2.32. The maximum Gasteiger partial charge on any atom is 0.352 e. The van der Waals surface area contributed by atoms with E-state index in [0.29, 0.717) is 59.8 Å². The molecule has 3 N–H and O–H groups in total. The molecule has 3 aromatic carbocycles. The van der Waals surface area contributed by atoms with E-state index in [1.54, 1.807) is 53.3 Å². The van der Waals surface area contributed by atoms with Crippen molar-refractivity contribution in [1.82, 2.24) is 15.5 Å². The van der Waals surface area contributed by atoms with E-state index >= 15 is 0 Å². The van der Waals surface area contributed by atoms with Crippen molar-refractivity contribution in [1.29, 1.82) is 0 Å². The third kappa shape index (κ3) is 8.65. The Bertz CT molecular complexity index is 1800. The van der Waals surface area contributed by atoms with Crippen LogP contribution in [0.1, 0.15) is 81.6 Å². The number of methoxy groups -OCH3 is 1. The minimum Gasteiger partial charge on any atom is -0.497 e. The number of carbonyl (C=O) groups excluding carboxylic acids is 4. The molecule has 0 aromatic heterocycles. The second-order valence-corrected chi connectivity index (χ2v) is 13.8. The summed E-state index contributed by atoms with van der Waals surface area (Å²) in [6.07, 6.45) is 5.08. The third-order valence-corrected chi connectivity index (χ3v) is 10.1. The van der Waals surface area contributed by atoms with E-state index < -0.39 is 23.6 Å². The van der Waals surface area contributed by atoms with Crippen LogP contribution in [0, 0.1) is 5.41 Å². The molecule has 3 aromatic rings. The fraction of sp³-hybridized carbons (Fsp3) is 0.375. The molecule has 1 aliphatic carbocycles. The minimum absolute atomic E-state index is 0.157. The Labute approximate surface area is 309 Å². The Kier molecular flexibility index (Phi) is 12.4. The first-order valence-electron chi connectivity index (χ1n) is 17.6. The topological polar surface area (TPSA) is 145 Å². The van der Waals surface area contributed by atoms with Gasteiger partial charge in [-0.05, 0) is 84.8 Å². The predicted molar refractivity (Wildman–Crippen MR) is 198 cm³/mol. The number of hydrogen-bond acceptors (Lipinski definition) is 6. The first-order valence-corrected chi connectivity index (χ1v) is 18.0. The molecule has 1 aliphatic heterocycles. The number of carbonyl (C=O) groups is 5. The monoisotopic (exact) mass is 728 g/mol. The zero-order valence-corrected chi connectivity index (χ0v) is 30.4. The van der Waals surface area contributed by atoms with Crippen LogP contribution >= 0.6 is 11.6 Å². The molecule has 2 aliphatic rings. The van der Waals surface area contributed by atoms with Crippen molar-refractivity contribution in [2.45, 2.75) is 77.4 Å². The molecule has 2 fully saturated rings. The van der Waals surface area contributed by atoms with Crippen LogP contribution < -0.4 is 20.3 Å². The van der Waals surface area contributed by atoms with Crippen LogP contribution in [0.2, 0.25) is 5.02 Å². The fourth-order valence-corrected chi connectivity index (χ4v) is 7.28. The number of ether oxygens (including phenoxy) is 1. The third-order valence-electron chi connectivity index (χ3n) is 9.86. The highest BCUT2D eigenvalue weighted by molar-refractivity contribution is 6.30. The summed E-state index contributed by atoms with van der Waals surface area (Å²) in [4.78, 5) is 68.8. The van der Waals surface area contributed by atoms with Gasteiger partial charge in [0.1, 0.15) is 23.7 Å². The van der Waals surface area contributed by atoms with Crippen molar-refractivity contribution in [2.75, 3.05) is 18.6 Å². The Hall–Kier alpha value is -5.16. The molecule has 5 rings (SSSR count). The number of carboxylic acid groups (broad SMARTS) is 1. The number of amides is 4. The highest BCUT2D eigenvalue weighted by Gasteiger charge is 2.49. The van der Waals surface area contributed by atoms with Crippen LogP contribution in [0.5, 0.6) is 5.75 Å². The zero-order valence-electron chi connectivity index (χ0n) is 29.7. The number of carboxylic acids is 1. The predicted octanol–water partition coefficient (Wildman–Crippen LogP) is 6.26. The number of rotatable bonds is 14. The second kappa shape index (κ2) is 16.9. The van der Waals surface area contributed by atoms with Crippen LogP contribution in [0.25, 0.3) is 6.08 Å². The minimum atomic E-state index is -1.29. The van der Waals surface area contributed by atoms with E-state index in [9.17, 15) is 29.1 Å². The van der Waals surface area contributed by atoms with Gasteiger partial charge in [0.2, 0.25) is 17.7 Å². The van der Waals surface area contributed by atoms with Gasteiger partial charge in [0.05, 0.1) is 12.5 Å². The molecule has 1 saturated heterocycles. The Morgan fingerprint density at radius 1 is 0.981 bits per heavy atom. The summed E-state index contributed by atoms with van der Waals surface area (Å²) in [6.45, 7) is 3.66.